The molecule has 6 nitrogen and oxygen atoms in total. The van der Waals surface area contributed by atoms with Crippen LogP contribution in [0.2, 0.25) is 0 Å². The number of ether oxygens (including phenoxy) is 1. The summed E-state index contributed by atoms with van der Waals surface area (Å²) in [5.74, 6) is 0.557. The molecule has 2 aromatic carbocycles. The molecule has 0 saturated carbocycles. The molecule has 0 saturated heterocycles. The van der Waals surface area contributed by atoms with E-state index in [1.165, 1.54) is 0 Å². The molecule has 2 N–H and O–H groups in total. The van der Waals surface area contributed by atoms with E-state index in [1.807, 2.05) is 31.2 Å². The van der Waals surface area contributed by atoms with Gasteiger partial charge in [0, 0.05) is 5.56 Å². The molecule has 1 atom stereocenters. The standard InChI is InChI=1S/C19H24N2O4S/c1-5-17(14-6-9-16(25-3)10-7-14)20-19(22)15-8-11-18(13(2)12-15)21-26(4,23)24/h6-12,17,21H,5H2,1-4H3,(H,20,22). The lowest BCUT2D eigenvalue weighted by Crippen LogP contribution is -2.28. The van der Waals surface area contributed by atoms with E-state index in [0.717, 1.165) is 24.0 Å². The van der Waals surface area contributed by atoms with E-state index < -0.39 is 10.0 Å². The minimum atomic E-state index is -3.36. The fraction of sp³-hybridized carbons (Fsp3) is 0.316. The number of benzene rings is 2. The second-order valence-corrected chi connectivity index (χ2v) is 7.86. The molecule has 0 fully saturated rings. The van der Waals surface area contributed by atoms with Crippen LogP contribution in [0.15, 0.2) is 42.5 Å². The van der Waals surface area contributed by atoms with Crippen molar-refractivity contribution >= 4 is 21.6 Å². The number of carbonyl (C=O) groups is 1. The summed E-state index contributed by atoms with van der Waals surface area (Å²) in [5.41, 5.74) is 2.62. The fourth-order valence-corrected chi connectivity index (χ4v) is 3.25. The Bertz CT molecular complexity index is 877. The van der Waals surface area contributed by atoms with Crippen molar-refractivity contribution in [3.63, 3.8) is 0 Å². The van der Waals surface area contributed by atoms with Crippen LogP contribution in [0.3, 0.4) is 0 Å². The molecule has 0 radical (unpaired) electrons. The van der Waals surface area contributed by atoms with Gasteiger partial charge in [0.05, 0.1) is 25.1 Å². The minimum absolute atomic E-state index is 0.123. The average Bonchev–Trinajstić information content (AvgIpc) is 2.60. The summed E-state index contributed by atoms with van der Waals surface area (Å²) in [6.45, 7) is 3.75. The van der Waals surface area contributed by atoms with Crippen LogP contribution in [0.5, 0.6) is 5.75 Å². The topological polar surface area (TPSA) is 84.5 Å². The fourth-order valence-electron chi connectivity index (χ4n) is 2.62. The predicted octanol–water partition coefficient (Wildman–Crippen LogP) is 3.26. The first kappa shape index (κ1) is 19.8. The predicted molar refractivity (Wildman–Crippen MR) is 103 cm³/mol. The smallest absolute Gasteiger partial charge is 0.251 e. The number of anilines is 1. The first-order valence-electron chi connectivity index (χ1n) is 8.26. The molecule has 1 unspecified atom stereocenters. The van der Waals surface area contributed by atoms with Crippen molar-refractivity contribution < 1.29 is 17.9 Å². The second kappa shape index (κ2) is 8.23. The molecule has 0 heterocycles. The number of carbonyl (C=O) groups excluding carboxylic acids is 1. The molecule has 2 rings (SSSR count). The average molecular weight is 376 g/mol. The van der Waals surface area contributed by atoms with Gasteiger partial charge in [-0.3, -0.25) is 9.52 Å². The van der Waals surface area contributed by atoms with Crippen molar-refractivity contribution in [1.82, 2.24) is 5.32 Å². The molecule has 0 spiro atoms. The Morgan fingerprint density at radius 2 is 1.81 bits per heavy atom. The zero-order chi connectivity index (χ0) is 19.3. The molecule has 0 aliphatic heterocycles. The third-order valence-corrected chi connectivity index (χ3v) is 4.61. The van der Waals surface area contributed by atoms with E-state index in [4.69, 9.17) is 4.74 Å². The van der Waals surface area contributed by atoms with Crippen LogP contribution < -0.4 is 14.8 Å². The number of hydrogen-bond acceptors (Lipinski definition) is 4. The molecule has 140 valence electrons. The van der Waals surface area contributed by atoms with E-state index in [9.17, 15) is 13.2 Å². The first-order valence-corrected chi connectivity index (χ1v) is 10.2. The number of methoxy groups -OCH3 is 1. The summed E-state index contributed by atoms with van der Waals surface area (Å²) in [7, 11) is -1.75. The van der Waals surface area contributed by atoms with Gasteiger partial charge in [0.2, 0.25) is 10.0 Å². The molecular formula is C19H24N2O4S. The zero-order valence-electron chi connectivity index (χ0n) is 15.4. The summed E-state index contributed by atoms with van der Waals surface area (Å²) in [6.07, 6.45) is 1.83. The largest absolute Gasteiger partial charge is 0.497 e. The van der Waals surface area contributed by atoms with Crippen LogP contribution in [0.1, 0.15) is 40.9 Å². The van der Waals surface area contributed by atoms with Crippen LogP contribution in [0.4, 0.5) is 5.69 Å². The lowest BCUT2D eigenvalue weighted by atomic mass is 10.0. The van der Waals surface area contributed by atoms with Crippen molar-refractivity contribution in [2.45, 2.75) is 26.3 Å². The second-order valence-electron chi connectivity index (χ2n) is 6.11. The van der Waals surface area contributed by atoms with Gasteiger partial charge in [-0.2, -0.15) is 0 Å². The van der Waals surface area contributed by atoms with E-state index in [0.29, 0.717) is 16.8 Å². The number of sulfonamides is 1. The number of rotatable bonds is 7. The molecule has 26 heavy (non-hydrogen) atoms. The quantitative estimate of drug-likeness (QED) is 0.777. The van der Waals surface area contributed by atoms with Gasteiger partial charge in [0.1, 0.15) is 5.75 Å². The Hall–Kier alpha value is -2.54. The summed E-state index contributed by atoms with van der Waals surface area (Å²) < 4.78 is 30.3. The van der Waals surface area contributed by atoms with E-state index in [-0.39, 0.29) is 11.9 Å². The normalized spacial score (nSPS) is 12.3. The zero-order valence-corrected chi connectivity index (χ0v) is 16.2. The van der Waals surface area contributed by atoms with Crippen LogP contribution in [0, 0.1) is 6.92 Å². The van der Waals surface area contributed by atoms with Crippen molar-refractivity contribution in [1.29, 1.82) is 0 Å². The molecule has 0 aromatic heterocycles. The number of hydrogen-bond donors (Lipinski definition) is 2. The monoisotopic (exact) mass is 376 g/mol. The number of nitrogens with one attached hydrogen (secondary N) is 2. The van der Waals surface area contributed by atoms with Gasteiger partial charge in [-0.05, 0) is 54.8 Å². The van der Waals surface area contributed by atoms with Gasteiger partial charge < -0.3 is 10.1 Å². The third kappa shape index (κ3) is 5.23. The van der Waals surface area contributed by atoms with E-state index in [2.05, 4.69) is 10.0 Å². The Balaban J connectivity index is 2.15. The Kier molecular flexibility index (Phi) is 6.26. The number of aryl methyl sites for hydroxylation is 1. The van der Waals surface area contributed by atoms with Crippen LogP contribution in [-0.4, -0.2) is 27.7 Å². The van der Waals surface area contributed by atoms with Gasteiger partial charge in [-0.15, -0.1) is 0 Å². The minimum Gasteiger partial charge on any atom is -0.497 e. The maximum atomic E-state index is 12.6. The van der Waals surface area contributed by atoms with E-state index in [1.54, 1.807) is 32.2 Å². The SMILES string of the molecule is CCC(NC(=O)c1ccc(NS(C)(=O)=O)c(C)c1)c1ccc(OC)cc1. The molecule has 2 aromatic rings. The first-order chi connectivity index (χ1) is 12.2. The van der Waals surface area contributed by atoms with Gasteiger partial charge in [0.25, 0.3) is 5.91 Å². The lowest BCUT2D eigenvalue weighted by molar-refractivity contribution is 0.0935. The lowest BCUT2D eigenvalue weighted by Gasteiger charge is -2.18. The molecular weight excluding hydrogens is 352 g/mol. The summed E-state index contributed by atoms with van der Waals surface area (Å²) in [5, 5.41) is 3.01. The van der Waals surface area contributed by atoms with Gasteiger partial charge in [-0.25, -0.2) is 8.42 Å². The van der Waals surface area contributed by atoms with Gasteiger partial charge in [-0.1, -0.05) is 19.1 Å². The Morgan fingerprint density at radius 1 is 1.15 bits per heavy atom. The highest BCUT2D eigenvalue weighted by atomic mass is 32.2. The Morgan fingerprint density at radius 3 is 2.31 bits per heavy atom. The Labute approximate surface area is 154 Å². The molecule has 0 bridgehead atoms. The van der Waals surface area contributed by atoms with Crippen LogP contribution in [-0.2, 0) is 10.0 Å². The molecule has 1 amide bonds. The highest BCUT2D eigenvalue weighted by molar-refractivity contribution is 7.92. The summed E-state index contributed by atoms with van der Waals surface area (Å²) >= 11 is 0. The van der Waals surface area contributed by atoms with Crippen molar-refractivity contribution in [3.8, 4) is 5.75 Å². The number of amides is 1. The van der Waals surface area contributed by atoms with Crippen LogP contribution >= 0.6 is 0 Å². The van der Waals surface area contributed by atoms with Gasteiger partial charge in [0.15, 0.2) is 0 Å². The van der Waals surface area contributed by atoms with Crippen LogP contribution in [0.25, 0.3) is 0 Å². The summed E-state index contributed by atoms with van der Waals surface area (Å²) in [6, 6.07) is 12.3. The van der Waals surface area contributed by atoms with E-state index >= 15 is 0 Å². The maximum absolute atomic E-state index is 12.6. The molecule has 0 aliphatic rings. The molecule has 0 aliphatic carbocycles. The maximum Gasteiger partial charge on any atom is 0.251 e. The summed E-state index contributed by atoms with van der Waals surface area (Å²) in [4.78, 5) is 12.6. The van der Waals surface area contributed by atoms with Crippen molar-refractivity contribution in [2.75, 3.05) is 18.1 Å². The highest BCUT2D eigenvalue weighted by Crippen LogP contribution is 2.22. The van der Waals surface area contributed by atoms with Crippen molar-refractivity contribution in [2.24, 2.45) is 0 Å². The molecule has 7 heteroatoms. The highest BCUT2D eigenvalue weighted by Gasteiger charge is 2.15. The van der Waals surface area contributed by atoms with Gasteiger partial charge >= 0.3 is 0 Å². The van der Waals surface area contributed by atoms with Crippen molar-refractivity contribution in [3.05, 3.63) is 59.2 Å². The third-order valence-electron chi connectivity index (χ3n) is 4.02.